The number of rotatable bonds is 3. The van der Waals surface area contributed by atoms with E-state index >= 15 is 0 Å². The van der Waals surface area contributed by atoms with Gasteiger partial charge in [0.05, 0.1) is 24.8 Å². The summed E-state index contributed by atoms with van der Waals surface area (Å²) in [6.07, 6.45) is 0. The van der Waals surface area contributed by atoms with Crippen LogP contribution >= 0.6 is 12.2 Å². The Morgan fingerprint density at radius 2 is 1.70 bits per heavy atom. The first-order valence-electron chi connectivity index (χ1n) is 9.96. The number of hydrogen-bond donors (Lipinski definition) is 1. The third kappa shape index (κ3) is 3.95. The van der Waals surface area contributed by atoms with E-state index in [-0.39, 0.29) is 11.7 Å². The first kappa shape index (κ1) is 20.5. The molecule has 2 aliphatic rings. The average molecular weight is 426 g/mol. The van der Waals surface area contributed by atoms with Gasteiger partial charge < -0.3 is 15.0 Å². The SMILES string of the molecule is CC1=C(C(=O)N2CCOCC2)C(c2ccc(F)cc2)NC(=S)N1c1ccc(C)cc1. The van der Waals surface area contributed by atoms with E-state index in [2.05, 4.69) is 5.32 Å². The standard InChI is InChI=1S/C23H24FN3O2S/c1-15-3-9-19(10-4-15)27-16(2)20(22(28)26-11-13-29-14-12-26)21(25-23(27)30)17-5-7-18(24)8-6-17/h3-10,21H,11-14H2,1-2H3,(H,25,30). The molecule has 30 heavy (non-hydrogen) atoms. The van der Waals surface area contributed by atoms with Crippen LogP contribution in [0.5, 0.6) is 0 Å². The summed E-state index contributed by atoms with van der Waals surface area (Å²) in [7, 11) is 0. The zero-order valence-corrected chi connectivity index (χ0v) is 17.8. The van der Waals surface area contributed by atoms with E-state index in [4.69, 9.17) is 17.0 Å². The number of morpholine rings is 1. The molecule has 5 nitrogen and oxygen atoms in total. The molecular weight excluding hydrogens is 401 g/mol. The van der Waals surface area contributed by atoms with Crippen LogP contribution in [0.15, 0.2) is 59.8 Å². The Labute approximate surface area is 181 Å². The summed E-state index contributed by atoms with van der Waals surface area (Å²) >= 11 is 5.68. The maximum atomic E-state index is 13.6. The molecule has 4 rings (SSSR count). The Bertz CT molecular complexity index is 983. The Hall–Kier alpha value is -2.77. The first-order chi connectivity index (χ1) is 14.5. The van der Waals surface area contributed by atoms with E-state index in [1.54, 1.807) is 12.1 Å². The summed E-state index contributed by atoms with van der Waals surface area (Å²) in [4.78, 5) is 17.3. The molecule has 0 aromatic heterocycles. The highest BCUT2D eigenvalue weighted by Gasteiger charge is 2.36. The molecule has 2 heterocycles. The van der Waals surface area contributed by atoms with Crippen molar-refractivity contribution in [2.75, 3.05) is 31.2 Å². The van der Waals surface area contributed by atoms with Gasteiger partial charge in [-0.25, -0.2) is 4.39 Å². The molecule has 1 amide bonds. The van der Waals surface area contributed by atoms with Crippen molar-refractivity contribution in [1.82, 2.24) is 10.2 Å². The van der Waals surface area contributed by atoms with Crippen molar-refractivity contribution in [3.63, 3.8) is 0 Å². The molecule has 2 aromatic rings. The fourth-order valence-corrected chi connectivity index (χ4v) is 4.23. The van der Waals surface area contributed by atoms with Crippen molar-refractivity contribution < 1.29 is 13.9 Å². The van der Waals surface area contributed by atoms with Crippen LogP contribution in [0.3, 0.4) is 0 Å². The van der Waals surface area contributed by atoms with Crippen molar-refractivity contribution in [1.29, 1.82) is 0 Å². The molecule has 1 saturated heterocycles. The highest BCUT2D eigenvalue weighted by atomic mass is 32.1. The maximum Gasteiger partial charge on any atom is 0.254 e. The lowest BCUT2D eigenvalue weighted by atomic mass is 9.93. The predicted octanol–water partition coefficient (Wildman–Crippen LogP) is 3.70. The van der Waals surface area contributed by atoms with Crippen LogP contribution < -0.4 is 10.2 Å². The van der Waals surface area contributed by atoms with E-state index in [0.717, 1.165) is 22.5 Å². The number of ether oxygens (including phenoxy) is 1. The number of hydrogen-bond acceptors (Lipinski definition) is 3. The van der Waals surface area contributed by atoms with Gasteiger partial charge in [-0.1, -0.05) is 29.8 Å². The van der Waals surface area contributed by atoms with Gasteiger partial charge in [0.1, 0.15) is 5.82 Å². The zero-order chi connectivity index (χ0) is 21.3. The lowest BCUT2D eigenvalue weighted by Gasteiger charge is -2.40. The zero-order valence-electron chi connectivity index (χ0n) is 17.0. The van der Waals surface area contributed by atoms with Gasteiger partial charge >= 0.3 is 0 Å². The molecule has 0 saturated carbocycles. The molecule has 0 bridgehead atoms. The number of benzene rings is 2. The smallest absolute Gasteiger partial charge is 0.254 e. The Morgan fingerprint density at radius 3 is 2.33 bits per heavy atom. The van der Waals surface area contributed by atoms with Gasteiger partial charge in [0.25, 0.3) is 5.91 Å². The Kier molecular flexibility index (Phi) is 5.83. The van der Waals surface area contributed by atoms with Gasteiger partial charge in [-0.15, -0.1) is 0 Å². The lowest BCUT2D eigenvalue weighted by molar-refractivity contribution is -0.131. The number of thiocarbonyl (C=S) groups is 1. The number of nitrogens with zero attached hydrogens (tertiary/aromatic N) is 2. The van der Waals surface area contributed by atoms with Crippen LogP contribution in [0.1, 0.15) is 24.1 Å². The molecule has 0 spiro atoms. The van der Waals surface area contributed by atoms with Crippen molar-refractivity contribution >= 4 is 28.9 Å². The van der Waals surface area contributed by atoms with Crippen LogP contribution in [0, 0.1) is 12.7 Å². The number of aryl methyl sites for hydroxylation is 1. The molecule has 156 valence electrons. The minimum absolute atomic E-state index is 0.0581. The van der Waals surface area contributed by atoms with Crippen LogP contribution in [-0.2, 0) is 9.53 Å². The topological polar surface area (TPSA) is 44.8 Å². The second-order valence-electron chi connectivity index (χ2n) is 7.51. The van der Waals surface area contributed by atoms with Gasteiger partial charge in [0.15, 0.2) is 5.11 Å². The second-order valence-corrected chi connectivity index (χ2v) is 7.90. The van der Waals surface area contributed by atoms with Crippen molar-refractivity contribution in [3.8, 4) is 0 Å². The van der Waals surface area contributed by atoms with Gasteiger partial charge in [-0.3, -0.25) is 9.69 Å². The molecule has 1 fully saturated rings. The molecule has 0 aliphatic carbocycles. The number of allylic oxidation sites excluding steroid dienone is 1. The number of amides is 1. The third-order valence-electron chi connectivity index (χ3n) is 5.51. The summed E-state index contributed by atoms with van der Waals surface area (Å²) in [6.45, 7) is 6.06. The Morgan fingerprint density at radius 1 is 1.07 bits per heavy atom. The number of anilines is 1. The fourth-order valence-electron chi connectivity index (χ4n) is 3.87. The molecule has 0 radical (unpaired) electrons. The van der Waals surface area contributed by atoms with E-state index in [9.17, 15) is 9.18 Å². The van der Waals surface area contributed by atoms with Crippen molar-refractivity contribution in [2.45, 2.75) is 19.9 Å². The lowest BCUT2D eigenvalue weighted by Crippen LogP contribution is -2.51. The largest absolute Gasteiger partial charge is 0.378 e. The molecular formula is C23H24FN3O2S. The van der Waals surface area contributed by atoms with E-state index in [0.29, 0.717) is 37.0 Å². The molecule has 2 aromatic carbocycles. The summed E-state index contributed by atoms with van der Waals surface area (Å²) in [6, 6.07) is 13.7. The van der Waals surface area contributed by atoms with E-state index in [1.807, 2.05) is 47.9 Å². The summed E-state index contributed by atoms with van der Waals surface area (Å²) in [5, 5.41) is 3.82. The molecule has 1 unspecified atom stereocenters. The van der Waals surface area contributed by atoms with Gasteiger partial charge in [-0.05, 0) is 55.9 Å². The molecule has 1 N–H and O–H groups in total. The van der Waals surface area contributed by atoms with Gasteiger partial charge in [-0.2, -0.15) is 0 Å². The van der Waals surface area contributed by atoms with E-state index < -0.39 is 6.04 Å². The summed E-state index contributed by atoms with van der Waals surface area (Å²) < 4.78 is 18.9. The fraction of sp³-hybridized carbons (Fsp3) is 0.304. The predicted molar refractivity (Wildman–Crippen MR) is 119 cm³/mol. The highest BCUT2D eigenvalue weighted by molar-refractivity contribution is 7.80. The number of halogens is 1. The second kappa shape index (κ2) is 8.53. The Balaban J connectivity index is 1.80. The van der Waals surface area contributed by atoms with Crippen molar-refractivity contribution in [3.05, 3.63) is 76.7 Å². The van der Waals surface area contributed by atoms with Gasteiger partial charge in [0, 0.05) is 24.5 Å². The van der Waals surface area contributed by atoms with E-state index in [1.165, 1.54) is 12.1 Å². The summed E-state index contributed by atoms with van der Waals surface area (Å²) in [5.41, 5.74) is 4.20. The minimum atomic E-state index is -0.449. The van der Waals surface area contributed by atoms with Crippen LogP contribution in [0.4, 0.5) is 10.1 Å². The van der Waals surface area contributed by atoms with Crippen LogP contribution in [0.25, 0.3) is 0 Å². The normalized spacial score (nSPS) is 19.7. The average Bonchev–Trinajstić information content (AvgIpc) is 2.75. The highest BCUT2D eigenvalue weighted by Crippen LogP contribution is 2.34. The molecule has 2 aliphatic heterocycles. The molecule has 1 atom stereocenters. The third-order valence-corrected chi connectivity index (χ3v) is 5.81. The van der Waals surface area contributed by atoms with Gasteiger partial charge in [0.2, 0.25) is 0 Å². The molecule has 7 heteroatoms. The minimum Gasteiger partial charge on any atom is -0.378 e. The monoisotopic (exact) mass is 425 g/mol. The maximum absolute atomic E-state index is 13.6. The number of carbonyl (C=O) groups excluding carboxylic acids is 1. The quantitative estimate of drug-likeness (QED) is 0.760. The van der Waals surface area contributed by atoms with Crippen molar-refractivity contribution in [2.24, 2.45) is 0 Å². The number of nitrogens with one attached hydrogen (secondary N) is 1. The van der Waals surface area contributed by atoms with Crippen LogP contribution in [-0.4, -0.2) is 42.2 Å². The summed E-state index contributed by atoms with van der Waals surface area (Å²) in [5.74, 6) is -0.377. The number of carbonyl (C=O) groups is 1. The first-order valence-corrected chi connectivity index (χ1v) is 10.4. The van der Waals surface area contributed by atoms with Crippen LogP contribution in [0.2, 0.25) is 0 Å².